The van der Waals surface area contributed by atoms with Gasteiger partial charge in [-0.05, 0) is 51.7 Å². The van der Waals surface area contributed by atoms with Gasteiger partial charge in [-0.3, -0.25) is 0 Å². The smallest absolute Gasteiger partial charge is 0.123 e. The standard InChI is InChI=1S/C13H21ClN2O.2ClH/c1-3-17-13-6-5-12(14)9-11(13)10-16-8-4-7-15-2;;/h5-6,9,15-16H,3-4,7-8,10H2,1-2H3;2*1H. The third kappa shape index (κ3) is 8.56. The van der Waals surface area contributed by atoms with Gasteiger partial charge in [0.15, 0.2) is 0 Å². The van der Waals surface area contributed by atoms with Crippen LogP contribution in [0.25, 0.3) is 0 Å². The monoisotopic (exact) mass is 328 g/mol. The van der Waals surface area contributed by atoms with Gasteiger partial charge in [-0.15, -0.1) is 24.8 Å². The molecule has 0 unspecified atom stereocenters. The summed E-state index contributed by atoms with van der Waals surface area (Å²) in [6, 6.07) is 5.74. The maximum Gasteiger partial charge on any atom is 0.123 e. The van der Waals surface area contributed by atoms with E-state index < -0.39 is 0 Å². The Balaban J connectivity index is 0. The SMILES string of the molecule is CCOc1ccc(Cl)cc1CNCCCNC.Cl.Cl. The normalized spacial score (nSPS) is 9.42. The van der Waals surface area contributed by atoms with Crippen molar-refractivity contribution in [1.82, 2.24) is 10.6 Å². The molecule has 112 valence electrons. The van der Waals surface area contributed by atoms with Crippen molar-refractivity contribution in [2.45, 2.75) is 19.9 Å². The number of rotatable bonds is 8. The van der Waals surface area contributed by atoms with Gasteiger partial charge in [0.25, 0.3) is 0 Å². The highest BCUT2D eigenvalue weighted by atomic mass is 35.5. The second-order valence-electron chi connectivity index (χ2n) is 3.82. The van der Waals surface area contributed by atoms with Crippen molar-refractivity contribution in [3.63, 3.8) is 0 Å². The van der Waals surface area contributed by atoms with E-state index in [0.29, 0.717) is 6.61 Å². The molecule has 1 rings (SSSR count). The van der Waals surface area contributed by atoms with Gasteiger partial charge in [-0.1, -0.05) is 11.6 Å². The number of nitrogens with one attached hydrogen (secondary N) is 2. The molecule has 6 heteroatoms. The molecule has 0 heterocycles. The van der Waals surface area contributed by atoms with Gasteiger partial charge < -0.3 is 15.4 Å². The zero-order valence-corrected chi connectivity index (χ0v) is 13.8. The Morgan fingerprint density at radius 3 is 2.58 bits per heavy atom. The second-order valence-corrected chi connectivity index (χ2v) is 4.26. The lowest BCUT2D eigenvalue weighted by molar-refractivity contribution is 0.335. The fraction of sp³-hybridized carbons (Fsp3) is 0.538. The Bertz CT molecular complexity index is 338. The largest absolute Gasteiger partial charge is 0.494 e. The molecule has 0 fully saturated rings. The maximum atomic E-state index is 5.99. The van der Waals surface area contributed by atoms with Crippen molar-refractivity contribution in [3.8, 4) is 5.75 Å². The fourth-order valence-corrected chi connectivity index (χ4v) is 1.79. The molecule has 0 saturated carbocycles. The van der Waals surface area contributed by atoms with E-state index in [9.17, 15) is 0 Å². The molecule has 0 saturated heterocycles. The molecular formula is C13H23Cl3N2O. The van der Waals surface area contributed by atoms with Crippen molar-refractivity contribution in [2.75, 3.05) is 26.7 Å². The molecule has 1 aromatic rings. The number of ether oxygens (including phenoxy) is 1. The molecule has 19 heavy (non-hydrogen) atoms. The minimum absolute atomic E-state index is 0. The van der Waals surface area contributed by atoms with E-state index in [2.05, 4.69) is 10.6 Å². The zero-order valence-electron chi connectivity index (χ0n) is 11.4. The van der Waals surface area contributed by atoms with E-state index in [1.807, 2.05) is 32.2 Å². The topological polar surface area (TPSA) is 33.3 Å². The van der Waals surface area contributed by atoms with Crippen LogP contribution in [-0.4, -0.2) is 26.7 Å². The molecule has 2 N–H and O–H groups in total. The molecule has 0 radical (unpaired) electrons. The van der Waals surface area contributed by atoms with Crippen LogP contribution in [0.3, 0.4) is 0 Å². The van der Waals surface area contributed by atoms with Gasteiger partial charge in [-0.2, -0.15) is 0 Å². The van der Waals surface area contributed by atoms with Crippen LogP contribution in [0.1, 0.15) is 18.9 Å². The highest BCUT2D eigenvalue weighted by molar-refractivity contribution is 6.30. The first-order valence-corrected chi connectivity index (χ1v) is 6.42. The van der Waals surface area contributed by atoms with E-state index >= 15 is 0 Å². The summed E-state index contributed by atoms with van der Waals surface area (Å²) in [5, 5.41) is 7.26. The number of hydrogen-bond donors (Lipinski definition) is 2. The third-order valence-corrected chi connectivity index (χ3v) is 2.65. The zero-order chi connectivity index (χ0) is 12.5. The highest BCUT2D eigenvalue weighted by Crippen LogP contribution is 2.22. The molecule has 0 amide bonds. The van der Waals surface area contributed by atoms with Crippen LogP contribution >= 0.6 is 36.4 Å². The second kappa shape index (κ2) is 12.8. The maximum absolute atomic E-state index is 5.99. The minimum Gasteiger partial charge on any atom is -0.494 e. The van der Waals surface area contributed by atoms with E-state index in [1.165, 1.54) is 0 Å². The summed E-state index contributed by atoms with van der Waals surface area (Å²) in [4.78, 5) is 0. The quantitative estimate of drug-likeness (QED) is 0.718. The predicted molar refractivity (Wildman–Crippen MR) is 87.4 cm³/mol. The van der Waals surface area contributed by atoms with Crippen molar-refractivity contribution in [3.05, 3.63) is 28.8 Å². The Hall–Kier alpha value is -0.190. The highest BCUT2D eigenvalue weighted by Gasteiger charge is 2.03. The molecule has 0 aliphatic carbocycles. The third-order valence-electron chi connectivity index (χ3n) is 2.42. The van der Waals surface area contributed by atoms with Gasteiger partial charge in [0.05, 0.1) is 6.61 Å². The van der Waals surface area contributed by atoms with Crippen LogP contribution < -0.4 is 15.4 Å². The first kappa shape index (κ1) is 21.1. The van der Waals surface area contributed by atoms with Crippen LogP contribution in [0.2, 0.25) is 5.02 Å². The first-order chi connectivity index (χ1) is 8.27. The molecule has 0 bridgehead atoms. The summed E-state index contributed by atoms with van der Waals surface area (Å²) in [5.41, 5.74) is 1.11. The Labute approximate surface area is 133 Å². The van der Waals surface area contributed by atoms with Crippen molar-refractivity contribution in [1.29, 1.82) is 0 Å². The summed E-state index contributed by atoms with van der Waals surface area (Å²) in [6.07, 6.45) is 1.11. The van der Waals surface area contributed by atoms with Gasteiger partial charge in [0.2, 0.25) is 0 Å². The number of hydrogen-bond acceptors (Lipinski definition) is 3. The molecule has 0 spiro atoms. The summed E-state index contributed by atoms with van der Waals surface area (Å²) >= 11 is 5.99. The lowest BCUT2D eigenvalue weighted by Gasteiger charge is -2.11. The van der Waals surface area contributed by atoms with Crippen LogP contribution in [0, 0.1) is 0 Å². The van der Waals surface area contributed by atoms with E-state index in [4.69, 9.17) is 16.3 Å². The number of benzene rings is 1. The van der Waals surface area contributed by atoms with E-state index in [0.717, 1.165) is 42.4 Å². The van der Waals surface area contributed by atoms with Crippen molar-refractivity contribution >= 4 is 36.4 Å². The number of halogens is 3. The van der Waals surface area contributed by atoms with Crippen LogP contribution in [-0.2, 0) is 6.54 Å². The molecule has 0 aliphatic heterocycles. The lowest BCUT2D eigenvalue weighted by Crippen LogP contribution is -2.19. The summed E-state index contributed by atoms with van der Waals surface area (Å²) in [6.45, 7) is 5.46. The van der Waals surface area contributed by atoms with Gasteiger partial charge in [0, 0.05) is 17.1 Å². The van der Waals surface area contributed by atoms with Crippen LogP contribution in [0.4, 0.5) is 0 Å². The van der Waals surface area contributed by atoms with Crippen molar-refractivity contribution in [2.24, 2.45) is 0 Å². The molecular weight excluding hydrogens is 307 g/mol. The average molecular weight is 330 g/mol. The lowest BCUT2D eigenvalue weighted by atomic mass is 10.2. The fourth-order valence-electron chi connectivity index (χ4n) is 1.60. The molecule has 0 atom stereocenters. The van der Waals surface area contributed by atoms with Gasteiger partial charge >= 0.3 is 0 Å². The predicted octanol–water partition coefficient (Wildman–Crippen LogP) is 3.28. The Morgan fingerprint density at radius 2 is 1.95 bits per heavy atom. The van der Waals surface area contributed by atoms with Crippen LogP contribution in [0.5, 0.6) is 5.75 Å². The Kier molecular flexibility index (Phi) is 14.3. The van der Waals surface area contributed by atoms with Gasteiger partial charge in [-0.25, -0.2) is 0 Å². The van der Waals surface area contributed by atoms with Gasteiger partial charge in [0.1, 0.15) is 5.75 Å². The first-order valence-electron chi connectivity index (χ1n) is 6.04. The Morgan fingerprint density at radius 1 is 1.21 bits per heavy atom. The van der Waals surface area contributed by atoms with Crippen LogP contribution in [0.15, 0.2) is 18.2 Å². The molecule has 0 aromatic heterocycles. The van der Waals surface area contributed by atoms with E-state index in [-0.39, 0.29) is 24.8 Å². The average Bonchev–Trinajstić information content (AvgIpc) is 2.32. The van der Waals surface area contributed by atoms with Crippen molar-refractivity contribution < 1.29 is 4.74 Å². The molecule has 1 aromatic carbocycles. The molecule has 3 nitrogen and oxygen atoms in total. The molecule has 0 aliphatic rings. The summed E-state index contributed by atoms with van der Waals surface area (Å²) in [7, 11) is 1.96. The summed E-state index contributed by atoms with van der Waals surface area (Å²) < 4.78 is 5.56. The summed E-state index contributed by atoms with van der Waals surface area (Å²) in [5.74, 6) is 0.915. The van der Waals surface area contributed by atoms with E-state index in [1.54, 1.807) is 0 Å². The minimum atomic E-state index is 0.